The third-order valence-electron chi connectivity index (χ3n) is 4.07. The van der Waals surface area contributed by atoms with Crippen LogP contribution in [0.5, 0.6) is 0 Å². The Labute approximate surface area is 197 Å². The highest BCUT2D eigenvalue weighted by atomic mass is 79.9. The fourth-order valence-corrected chi connectivity index (χ4v) is 3.74. The van der Waals surface area contributed by atoms with Gasteiger partial charge in [-0.1, -0.05) is 29.8 Å². The Balaban J connectivity index is 2.15. The minimum Gasteiger partial charge on any atom is -0.464 e. The number of carbonyl (C=O) groups excluding carboxylic acids is 1. The quantitative estimate of drug-likeness (QED) is 0.285. The van der Waals surface area contributed by atoms with E-state index in [1.807, 2.05) is 0 Å². The van der Waals surface area contributed by atoms with Gasteiger partial charge < -0.3 is 14.9 Å². The molecule has 0 amide bonds. The summed E-state index contributed by atoms with van der Waals surface area (Å²) in [4.78, 5) is 16.5. The van der Waals surface area contributed by atoms with E-state index in [1.165, 1.54) is 19.2 Å². The van der Waals surface area contributed by atoms with E-state index in [-0.39, 0.29) is 32.6 Å². The van der Waals surface area contributed by atoms with Crippen molar-refractivity contribution in [2.45, 2.75) is 4.90 Å². The number of nitrogens with zero attached hydrogens (tertiary/aromatic N) is 3. The number of ether oxygens (including phenoxy) is 1. The number of sulfone groups is 1. The standard InChI is InChI=1S/C20H16BrClN4O5S/c1-30-20(27)16(23)15(21)17(24-14-9-4-3-8-13(14)22)19-26-25-18(31-19)11-6-5-7-12(10-11)32(2,28)29/h3-10H,23H2,1-2H3/b16-15+,24-17?. The molecular formula is C20H16BrClN4O5S. The van der Waals surface area contributed by atoms with Crippen LogP contribution in [-0.4, -0.2) is 43.7 Å². The van der Waals surface area contributed by atoms with Crippen LogP contribution in [0.15, 0.2) is 73.0 Å². The Morgan fingerprint density at radius 2 is 1.91 bits per heavy atom. The maximum Gasteiger partial charge on any atom is 0.355 e. The van der Waals surface area contributed by atoms with E-state index in [0.717, 1.165) is 6.26 Å². The number of hydrogen-bond acceptors (Lipinski definition) is 9. The summed E-state index contributed by atoms with van der Waals surface area (Å²) in [6.45, 7) is 0. The van der Waals surface area contributed by atoms with Crippen molar-refractivity contribution in [1.82, 2.24) is 10.2 Å². The number of carbonyl (C=O) groups is 1. The van der Waals surface area contributed by atoms with Gasteiger partial charge in [-0.05, 0) is 46.3 Å². The number of benzene rings is 2. The molecule has 166 valence electrons. The molecule has 0 atom stereocenters. The first kappa shape index (κ1) is 23.6. The molecule has 0 aliphatic rings. The summed E-state index contributed by atoms with van der Waals surface area (Å²) in [6, 6.07) is 12.8. The molecule has 2 N–H and O–H groups in total. The summed E-state index contributed by atoms with van der Waals surface area (Å²) < 4.78 is 34.1. The number of nitrogens with two attached hydrogens (primary N) is 1. The summed E-state index contributed by atoms with van der Waals surface area (Å²) in [5.41, 5.74) is 6.36. The van der Waals surface area contributed by atoms with Gasteiger partial charge in [0.05, 0.1) is 27.2 Å². The first-order chi connectivity index (χ1) is 15.1. The minimum atomic E-state index is -3.44. The Kier molecular flexibility index (Phi) is 7.12. The highest BCUT2D eigenvalue weighted by molar-refractivity contribution is 9.12. The highest BCUT2D eigenvalue weighted by Crippen LogP contribution is 2.29. The molecule has 3 aromatic rings. The van der Waals surface area contributed by atoms with Crippen molar-refractivity contribution >= 4 is 54.7 Å². The highest BCUT2D eigenvalue weighted by Gasteiger charge is 2.23. The number of esters is 1. The molecule has 0 bridgehead atoms. The third kappa shape index (κ3) is 5.23. The average Bonchev–Trinajstić information content (AvgIpc) is 3.26. The van der Waals surface area contributed by atoms with E-state index >= 15 is 0 Å². The second kappa shape index (κ2) is 9.63. The van der Waals surface area contributed by atoms with Crippen molar-refractivity contribution in [3.05, 3.63) is 69.6 Å². The van der Waals surface area contributed by atoms with Crippen molar-refractivity contribution in [3.63, 3.8) is 0 Å². The molecule has 1 aromatic heterocycles. The second-order valence-electron chi connectivity index (χ2n) is 6.34. The number of hydrogen-bond donors (Lipinski definition) is 1. The van der Waals surface area contributed by atoms with Crippen LogP contribution in [0.25, 0.3) is 11.5 Å². The molecule has 0 unspecified atom stereocenters. The lowest BCUT2D eigenvalue weighted by molar-refractivity contribution is -0.136. The van der Waals surface area contributed by atoms with Crippen LogP contribution in [-0.2, 0) is 19.4 Å². The van der Waals surface area contributed by atoms with Crippen LogP contribution in [0.2, 0.25) is 5.02 Å². The maximum atomic E-state index is 11.9. The number of allylic oxidation sites excluding steroid dienone is 1. The molecule has 1 heterocycles. The zero-order valence-corrected chi connectivity index (χ0v) is 19.9. The Morgan fingerprint density at radius 3 is 2.56 bits per heavy atom. The lowest BCUT2D eigenvalue weighted by atomic mass is 10.2. The van der Waals surface area contributed by atoms with Crippen LogP contribution in [0.4, 0.5) is 5.69 Å². The molecule has 0 aliphatic carbocycles. The Bertz CT molecular complexity index is 1350. The summed E-state index contributed by atoms with van der Waals surface area (Å²) in [5.74, 6) is -0.859. The van der Waals surface area contributed by atoms with Gasteiger partial charge in [-0.25, -0.2) is 18.2 Å². The predicted octanol–water partition coefficient (Wildman–Crippen LogP) is 3.65. The minimum absolute atomic E-state index is 0.0269. The second-order valence-corrected chi connectivity index (χ2v) is 9.56. The van der Waals surface area contributed by atoms with E-state index in [4.69, 9.17) is 21.8 Å². The van der Waals surface area contributed by atoms with Gasteiger partial charge in [0, 0.05) is 11.8 Å². The first-order valence-electron chi connectivity index (χ1n) is 8.83. The topological polar surface area (TPSA) is 138 Å². The van der Waals surface area contributed by atoms with Gasteiger partial charge in [0.1, 0.15) is 11.4 Å². The number of aliphatic imine (C=N–C) groups is 1. The van der Waals surface area contributed by atoms with Gasteiger partial charge in [-0.15, -0.1) is 10.2 Å². The molecule has 32 heavy (non-hydrogen) atoms. The summed E-state index contributed by atoms with van der Waals surface area (Å²) in [6.07, 6.45) is 1.09. The molecule has 0 spiro atoms. The van der Waals surface area contributed by atoms with Gasteiger partial charge in [-0.3, -0.25) is 0 Å². The lowest BCUT2D eigenvalue weighted by Crippen LogP contribution is -2.18. The van der Waals surface area contributed by atoms with E-state index < -0.39 is 15.8 Å². The largest absolute Gasteiger partial charge is 0.464 e. The van der Waals surface area contributed by atoms with Crippen LogP contribution >= 0.6 is 27.5 Å². The molecule has 12 heteroatoms. The van der Waals surface area contributed by atoms with E-state index in [1.54, 1.807) is 36.4 Å². The Hall–Kier alpha value is -3.02. The number of para-hydroxylation sites is 1. The fraction of sp³-hybridized carbons (Fsp3) is 0.100. The van der Waals surface area contributed by atoms with Crippen molar-refractivity contribution in [1.29, 1.82) is 0 Å². The normalized spacial score (nSPS) is 12.9. The third-order valence-corrected chi connectivity index (χ3v) is 6.30. The molecule has 0 aliphatic heterocycles. The SMILES string of the molecule is COC(=O)/C(N)=C(\Br)C(=Nc1ccccc1Cl)c1nnc(-c2cccc(S(C)(=O)=O)c2)o1. The van der Waals surface area contributed by atoms with E-state index in [0.29, 0.717) is 16.3 Å². The van der Waals surface area contributed by atoms with Crippen LogP contribution < -0.4 is 5.73 Å². The van der Waals surface area contributed by atoms with Crippen molar-refractivity contribution in [2.75, 3.05) is 13.4 Å². The molecule has 0 fully saturated rings. The van der Waals surface area contributed by atoms with Crippen molar-refractivity contribution < 1.29 is 22.4 Å². The number of methoxy groups -OCH3 is 1. The predicted molar refractivity (Wildman–Crippen MR) is 123 cm³/mol. The van der Waals surface area contributed by atoms with Crippen LogP contribution in [0, 0.1) is 0 Å². The maximum absolute atomic E-state index is 11.9. The first-order valence-corrected chi connectivity index (χ1v) is 11.9. The Morgan fingerprint density at radius 1 is 1.19 bits per heavy atom. The molecule has 9 nitrogen and oxygen atoms in total. The van der Waals surface area contributed by atoms with Crippen LogP contribution in [0.1, 0.15) is 5.89 Å². The zero-order chi connectivity index (χ0) is 23.5. The average molecular weight is 540 g/mol. The zero-order valence-electron chi connectivity index (χ0n) is 16.7. The van der Waals surface area contributed by atoms with Crippen molar-refractivity contribution in [2.24, 2.45) is 10.7 Å². The molecule has 0 saturated heterocycles. The number of aromatic nitrogens is 2. The monoisotopic (exact) mass is 538 g/mol. The lowest BCUT2D eigenvalue weighted by Gasteiger charge is -2.06. The molecule has 0 radical (unpaired) electrons. The van der Waals surface area contributed by atoms with E-state index in [2.05, 4.69) is 35.9 Å². The number of halogens is 2. The molecule has 0 saturated carbocycles. The van der Waals surface area contributed by atoms with E-state index in [9.17, 15) is 13.2 Å². The van der Waals surface area contributed by atoms with Gasteiger partial charge in [0.15, 0.2) is 9.84 Å². The van der Waals surface area contributed by atoms with Gasteiger partial charge >= 0.3 is 5.97 Å². The van der Waals surface area contributed by atoms with Crippen LogP contribution in [0.3, 0.4) is 0 Å². The number of rotatable bonds is 6. The van der Waals surface area contributed by atoms with Crippen molar-refractivity contribution in [3.8, 4) is 11.5 Å². The smallest absolute Gasteiger partial charge is 0.355 e. The summed E-state index contributed by atoms with van der Waals surface area (Å²) in [5, 5.41) is 8.30. The fourth-order valence-electron chi connectivity index (χ4n) is 2.48. The molecular weight excluding hydrogens is 524 g/mol. The van der Waals surface area contributed by atoms with Gasteiger partial charge in [0.25, 0.3) is 5.89 Å². The molecule has 2 aromatic carbocycles. The summed E-state index contributed by atoms with van der Waals surface area (Å²) >= 11 is 9.45. The van der Waals surface area contributed by atoms with Gasteiger partial charge in [0.2, 0.25) is 5.89 Å². The summed E-state index contributed by atoms with van der Waals surface area (Å²) in [7, 11) is -2.26. The van der Waals surface area contributed by atoms with Gasteiger partial charge in [-0.2, -0.15) is 0 Å². The molecule has 3 rings (SSSR count).